The molecule has 0 aromatic heterocycles. The van der Waals surface area contributed by atoms with Crippen LogP contribution in [-0.4, -0.2) is 40.9 Å². The monoisotopic (exact) mass is 392 g/mol. The van der Waals surface area contributed by atoms with E-state index < -0.39 is 11.9 Å². The summed E-state index contributed by atoms with van der Waals surface area (Å²) in [5.74, 6) is -1.39. The van der Waals surface area contributed by atoms with Gasteiger partial charge in [-0.3, -0.25) is 14.4 Å². The van der Waals surface area contributed by atoms with Crippen LogP contribution < -0.4 is 5.32 Å². The number of carboxylic acid groups (broad SMARTS) is 1. The Morgan fingerprint density at radius 1 is 0.966 bits per heavy atom. The van der Waals surface area contributed by atoms with Crippen molar-refractivity contribution >= 4 is 23.5 Å². The van der Waals surface area contributed by atoms with Gasteiger partial charge in [-0.25, -0.2) is 0 Å². The van der Waals surface area contributed by atoms with Crippen molar-refractivity contribution in [3.8, 4) is 0 Å². The van der Waals surface area contributed by atoms with Gasteiger partial charge in [-0.2, -0.15) is 0 Å². The van der Waals surface area contributed by atoms with Crippen molar-refractivity contribution in [3.63, 3.8) is 0 Å². The Morgan fingerprint density at radius 2 is 1.62 bits per heavy atom. The number of likely N-dealkylation sites (tertiary alicyclic amines) is 1. The Hall–Kier alpha value is -3.15. The minimum atomic E-state index is -0.887. The highest BCUT2D eigenvalue weighted by Crippen LogP contribution is 2.38. The first-order chi connectivity index (χ1) is 13.9. The average molecular weight is 392 g/mol. The first-order valence-electron chi connectivity index (χ1n) is 9.92. The number of anilines is 1. The molecular formula is C23H24N2O4. The SMILES string of the molecule is CC1CC1C(=O)Nc1ccc(C(=O)N2CC(C(=O)O)C(c3ccccc3)C2)cc1. The van der Waals surface area contributed by atoms with E-state index in [1.807, 2.05) is 30.3 Å². The summed E-state index contributed by atoms with van der Waals surface area (Å²) in [6, 6.07) is 16.3. The minimum Gasteiger partial charge on any atom is -0.481 e. The lowest BCUT2D eigenvalue weighted by Gasteiger charge is -2.17. The molecule has 1 saturated carbocycles. The molecule has 0 radical (unpaired) electrons. The van der Waals surface area contributed by atoms with Gasteiger partial charge in [0.2, 0.25) is 5.91 Å². The minimum absolute atomic E-state index is 0.0196. The molecule has 2 amide bonds. The molecule has 4 unspecified atom stereocenters. The standard InChI is InChI=1S/C23H24N2O4/c1-14-11-18(14)21(26)24-17-9-7-16(8-10-17)22(27)25-12-19(20(13-25)23(28)29)15-5-3-2-4-6-15/h2-10,14,18-20H,11-13H2,1H3,(H,24,26)(H,28,29). The number of rotatable bonds is 5. The maximum atomic E-state index is 12.9. The Kier molecular flexibility index (Phi) is 5.09. The smallest absolute Gasteiger partial charge is 0.308 e. The molecule has 4 rings (SSSR count). The molecule has 6 nitrogen and oxygen atoms in total. The zero-order chi connectivity index (χ0) is 20.5. The molecule has 6 heteroatoms. The lowest BCUT2D eigenvalue weighted by atomic mass is 9.89. The number of benzene rings is 2. The van der Waals surface area contributed by atoms with Gasteiger partial charge in [0.1, 0.15) is 0 Å². The number of hydrogen-bond donors (Lipinski definition) is 2. The van der Waals surface area contributed by atoms with Crippen molar-refractivity contribution in [1.29, 1.82) is 0 Å². The zero-order valence-electron chi connectivity index (χ0n) is 16.2. The van der Waals surface area contributed by atoms with Crippen LogP contribution in [0.4, 0.5) is 5.69 Å². The third-order valence-corrected chi connectivity index (χ3v) is 6.00. The third-order valence-electron chi connectivity index (χ3n) is 6.00. The normalized spacial score (nSPS) is 25.5. The van der Waals surface area contributed by atoms with Gasteiger partial charge in [0.05, 0.1) is 5.92 Å². The van der Waals surface area contributed by atoms with Gasteiger partial charge in [0.15, 0.2) is 0 Å². The predicted octanol–water partition coefficient (Wildman–Crippen LogP) is 3.22. The Bertz CT molecular complexity index is 926. The van der Waals surface area contributed by atoms with E-state index in [0.717, 1.165) is 12.0 Å². The lowest BCUT2D eigenvalue weighted by Crippen LogP contribution is -2.29. The highest BCUT2D eigenvalue weighted by atomic mass is 16.4. The van der Waals surface area contributed by atoms with Crippen LogP contribution in [0.2, 0.25) is 0 Å². The van der Waals surface area contributed by atoms with Crippen LogP contribution >= 0.6 is 0 Å². The van der Waals surface area contributed by atoms with Crippen LogP contribution in [0.5, 0.6) is 0 Å². The first kappa shape index (κ1) is 19.2. The van der Waals surface area contributed by atoms with Gasteiger partial charge in [-0.05, 0) is 42.2 Å². The maximum Gasteiger partial charge on any atom is 0.308 e. The summed E-state index contributed by atoms with van der Waals surface area (Å²) in [7, 11) is 0. The Morgan fingerprint density at radius 3 is 2.21 bits per heavy atom. The lowest BCUT2D eigenvalue weighted by molar-refractivity contribution is -0.141. The summed E-state index contributed by atoms with van der Waals surface area (Å²) in [5, 5.41) is 12.5. The molecular weight excluding hydrogens is 368 g/mol. The van der Waals surface area contributed by atoms with Crippen LogP contribution in [0, 0.1) is 17.8 Å². The number of carbonyl (C=O) groups excluding carboxylic acids is 2. The number of aliphatic carboxylic acids is 1. The fourth-order valence-corrected chi connectivity index (χ4v) is 4.06. The summed E-state index contributed by atoms with van der Waals surface area (Å²) in [6.45, 7) is 2.61. The zero-order valence-corrected chi connectivity index (χ0v) is 16.2. The Labute approximate surface area is 169 Å². The van der Waals surface area contributed by atoms with Crippen molar-refractivity contribution < 1.29 is 19.5 Å². The molecule has 2 aliphatic rings. The molecule has 2 N–H and O–H groups in total. The molecule has 1 saturated heterocycles. The van der Waals surface area contributed by atoms with Crippen LogP contribution in [0.25, 0.3) is 0 Å². The van der Waals surface area contributed by atoms with Gasteiger partial charge in [0, 0.05) is 36.2 Å². The van der Waals surface area contributed by atoms with Gasteiger partial charge in [-0.1, -0.05) is 37.3 Å². The molecule has 1 aliphatic carbocycles. The van der Waals surface area contributed by atoms with Crippen LogP contribution in [0.1, 0.15) is 35.2 Å². The Balaban J connectivity index is 1.45. The highest BCUT2D eigenvalue weighted by Gasteiger charge is 2.41. The highest BCUT2D eigenvalue weighted by molar-refractivity contribution is 5.97. The van der Waals surface area contributed by atoms with Gasteiger partial charge in [0.25, 0.3) is 5.91 Å². The van der Waals surface area contributed by atoms with E-state index in [0.29, 0.717) is 23.7 Å². The largest absolute Gasteiger partial charge is 0.481 e. The second-order valence-corrected chi connectivity index (χ2v) is 8.06. The second-order valence-electron chi connectivity index (χ2n) is 8.06. The number of carboxylic acids is 1. The second kappa shape index (κ2) is 7.70. The summed E-state index contributed by atoms with van der Waals surface area (Å²) in [6.07, 6.45) is 0.921. The molecule has 1 aliphatic heterocycles. The van der Waals surface area contributed by atoms with Crippen LogP contribution in [-0.2, 0) is 9.59 Å². The number of nitrogens with one attached hydrogen (secondary N) is 1. The number of nitrogens with zero attached hydrogens (tertiary/aromatic N) is 1. The summed E-state index contributed by atoms with van der Waals surface area (Å²) >= 11 is 0. The van der Waals surface area contributed by atoms with E-state index >= 15 is 0 Å². The quantitative estimate of drug-likeness (QED) is 0.818. The van der Waals surface area contributed by atoms with Gasteiger partial charge >= 0.3 is 5.97 Å². The van der Waals surface area contributed by atoms with Crippen LogP contribution in [0.15, 0.2) is 54.6 Å². The van der Waals surface area contributed by atoms with E-state index in [4.69, 9.17) is 0 Å². The molecule has 1 heterocycles. The van der Waals surface area contributed by atoms with Crippen molar-refractivity contribution in [2.24, 2.45) is 17.8 Å². The molecule has 29 heavy (non-hydrogen) atoms. The molecule has 150 valence electrons. The van der Waals surface area contributed by atoms with Crippen molar-refractivity contribution in [2.45, 2.75) is 19.3 Å². The fourth-order valence-electron chi connectivity index (χ4n) is 4.06. The van der Waals surface area contributed by atoms with Gasteiger partial charge < -0.3 is 15.3 Å². The number of amides is 2. The molecule has 2 fully saturated rings. The maximum absolute atomic E-state index is 12.9. The summed E-state index contributed by atoms with van der Waals surface area (Å²) < 4.78 is 0. The van der Waals surface area contributed by atoms with E-state index in [2.05, 4.69) is 12.2 Å². The molecule has 2 aromatic rings. The first-order valence-corrected chi connectivity index (χ1v) is 9.92. The van der Waals surface area contributed by atoms with E-state index in [1.165, 1.54) is 0 Å². The molecule has 2 aromatic carbocycles. The van der Waals surface area contributed by atoms with Crippen molar-refractivity contribution in [2.75, 3.05) is 18.4 Å². The van der Waals surface area contributed by atoms with Crippen molar-refractivity contribution in [3.05, 3.63) is 65.7 Å². The van der Waals surface area contributed by atoms with E-state index in [-0.39, 0.29) is 30.2 Å². The summed E-state index contributed by atoms with van der Waals surface area (Å²) in [4.78, 5) is 38.3. The molecule has 0 bridgehead atoms. The van der Waals surface area contributed by atoms with E-state index in [9.17, 15) is 19.5 Å². The summed E-state index contributed by atoms with van der Waals surface area (Å²) in [5.41, 5.74) is 2.08. The fraction of sp³-hybridized carbons (Fsp3) is 0.348. The van der Waals surface area contributed by atoms with Crippen LogP contribution in [0.3, 0.4) is 0 Å². The molecule has 0 spiro atoms. The van der Waals surface area contributed by atoms with Gasteiger partial charge in [-0.15, -0.1) is 0 Å². The van der Waals surface area contributed by atoms with E-state index in [1.54, 1.807) is 29.2 Å². The third kappa shape index (κ3) is 4.01. The average Bonchev–Trinajstić information content (AvgIpc) is 3.29. The topological polar surface area (TPSA) is 86.7 Å². The molecule has 4 atom stereocenters. The number of carbonyl (C=O) groups is 3. The number of hydrogen-bond acceptors (Lipinski definition) is 3. The predicted molar refractivity (Wildman–Crippen MR) is 109 cm³/mol. The van der Waals surface area contributed by atoms with Crippen molar-refractivity contribution in [1.82, 2.24) is 4.90 Å².